The van der Waals surface area contributed by atoms with Crippen LogP contribution in [-0.2, 0) is 0 Å². The van der Waals surface area contributed by atoms with E-state index in [1.165, 1.54) is 49.7 Å². The highest BCUT2D eigenvalue weighted by atomic mass is 79.9. The number of hydrogen-bond donors (Lipinski definition) is 0. The quantitative estimate of drug-likeness (QED) is 0.241. The van der Waals surface area contributed by atoms with Crippen LogP contribution in [0.4, 0.5) is 0 Å². The van der Waals surface area contributed by atoms with Crippen molar-refractivity contribution in [1.82, 2.24) is 4.57 Å². The van der Waals surface area contributed by atoms with Crippen LogP contribution in [0.5, 0.6) is 0 Å². The zero-order valence-corrected chi connectivity index (χ0v) is 19.0. The summed E-state index contributed by atoms with van der Waals surface area (Å²) in [5.74, 6) is 0. The van der Waals surface area contributed by atoms with Gasteiger partial charge in [0.15, 0.2) is 0 Å². The van der Waals surface area contributed by atoms with Crippen molar-refractivity contribution < 1.29 is 0 Å². The smallest absolute Gasteiger partial charge is 0.0541 e. The molecule has 0 amide bonds. The van der Waals surface area contributed by atoms with Gasteiger partial charge in [0.2, 0.25) is 0 Å². The fourth-order valence-corrected chi connectivity index (χ4v) is 5.14. The maximum Gasteiger partial charge on any atom is 0.0541 e. The first-order chi connectivity index (χ1) is 15.8. The van der Waals surface area contributed by atoms with Gasteiger partial charge in [0, 0.05) is 20.9 Å². The lowest BCUT2D eigenvalue weighted by Gasteiger charge is -2.12. The molecule has 152 valence electrons. The molecule has 0 radical (unpaired) electrons. The Morgan fingerprint density at radius 2 is 1.09 bits per heavy atom. The molecule has 2 heteroatoms. The van der Waals surface area contributed by atoms with Gasteiger partial charge in [0.05, 0.1) is 11.0 Å². The highest BCUT2D eigenvalue weighted by Crippen LogP contribution is 2.39. The van der Waals surface area contributed by atoms with Gasteiger partial charge in [-0.1, -0.05) is 101 Å². The topological polar surface area (TPSA) is 4.93 Å². The highest BCUT2D eigenvalue weighted by molar-refractivity contribution is 9.10. The lowest BCUT2D eigenvalue weighted by Crippen LogP contribution is -1.93. The SMILES string of the molecule is Brc1ccccc1-c1ccccc1-c1ccc2c(c1)c1ccccc1n2-c1ccccc1. The first-order valence-electron chi connectivity index (χ1n) is 10.7. The van der Waals surface area contributed by atoms with E-state index >= 15 is 0 Å². The van der Waals surface area contributed by atoms with Crippen molar-refractivity contribution in [1.29, 1.82) is 0 Å². The number of hydrogen-bond acceptors (Lipinski definition) is 0. The number of aromatic nitrogens is 1. The van der Waals surface area contributed by atoms with Gasteiger partial charge in [-0.2, -0.15) is 0 Å². The fourth-order valence-electron chi connectivity index (χ4n) is 4.65. The molecule has 0 aliphatic heterocycles. The van der Waals surface area contributed by atoms with Gasteiger partial charge in [-0.25, -0.2) is 0 Å². The monoisotopic (exact) mass is 473 g/mol. The molecule has 0 fully saturated rings. The summed E-state index contributed by atoms with van der Waals surface area (Å²) >= 11 is 3.74. The molecule has 0 saturated heterocycles. The molecule has 1 heterocycles. The second kappa shape index (κ2) is 7.81. The van der Waals surface area contributed by atoms with E-state index in [0.29, 0.717) is 0 Å². The van der Waals surface area contributed by atoms with E-state index in [9.17, 15) is 0 Å². The number of halogens is 1. The molecule has 0 atom stereocenters. The van der Waals surface area contributed by atoms with E-state index in [4.69, 9.17) is 0 Å². The van der Waals surface area contributed by atoms with Crippen molar-refractivity contribution in [3.8, 4) is 27.9 Å². The lowest BCUT2D eigenvalue weighted by atomic mass is 9.94. The second-order valence-electron chi connectivity index (χ2n) is 7.95. The summed E-state index contributed by atoms with van der Waals surface area (Å²) in [6.07, 6.45) is 0. The number of benzene rings is 5. The molecule has 0 bridgehead atoms. The molecule has 0 aliphatic rings. The average molecular weight is 474 g/mol. The van der Waals surface area contributed by atoms with Gasteiger partial charge in [0.25, 0.3) is 0 Å². The maximum atomic E-state index is 3.74. The molecule has 6 rings (SSSR count). The number of para-hydroxylation sites is 2. The largest absolute Gasteiger partial charge is 0.309 e. The molecule has 0 N–H and O–H groups in total. The summed E-state index contributed by atoms with van der Waals surface area (Å²) in [6, 6.07) is 43.2. The van der Waals surface area contributed by atoms with Crippen LogP contribution in [0, 0.1) is 0 Å². The molecular formula is C30H20BrN. The van der Waals surface area contributed by atoms with Crippen LogP contribution >= 0.6 is 15.9 Å². The summed E-state index contributed by atoms with van der Waals surface area (Å²) in [4.78, 5) is 0. The molecule has 32 heavy (non-hydrogen) atoms. The first-order valence-corrected chi connectivity index (χ1v) is 11.5. The minimum Gasteiger partial charge on any atom is -0.309 e. The van der Waals surface area contributed by atoms with E-state index in [-0.39, 0.29) is 0 Å². The van der Waals surface area contributed by atoms with E-state index in [2.05, 4.69) is 142 Å². The number of fused-ring (bicyclic) bond motifs is 3. The minimum absolute atomic E-state index is 1.11. The maximum absolute atomic E-state index is 3.74. The normalized spacial score (nSPS) is 11.3. The van der Waals surface area contributed by atoms with Gasteiger partial charge >= 0.3 is 0 Å². The summed E-state index contributed by atoms with van der Waals surface area (Å²) in [7, 11) is 0. The Labute approximate surface area is 195 Å². The molecule has 6 aromatic rings. The Bertz CT molecular complexity index is 1580. The Morgan fingerprint density at radius 1 is 0.469 bits per heavy atom. The Kier molecular flexibility index (Phi) is 4.66. The molecule has 0 unspecified atom stereocenters. The Hall–Kier alpha value is -3.62. The van der Waals surface area contributed by atoms with Crippen molar-refractivity contribution in [2.75, 3.05) is 0 Å². The molecule has 5 aromatic carbocycles. The van der Waals surface area contributed by atoms with E-state index < -0.39 is 0 Å². The van der Waals surface area contributed by atoms with Gasteiger partial charge in [-0.3, -0.25) is 0 Å². The molecule has 0 aliphatic carbocycles. The van der Waals surface area contributed by atoms with Crippen molar-refractivity contribution >= 4 is 37.7 Å². The third-order valence-electron chi connectivity index (χ3n) is 6.09. The Morgan fingerprint density at radius 3 is 1.91 bits per heavy atom. The number of rotatable bonds is 3. The van der Waals surface area contributed by atoms with Crippen LogP contribution in [0.2, 0.25) is 0 Å². The third kappa shape index (κ3) is 3.07. The highest BCUT2D eigenvalue weighted by Gasteiger charge is 2.15. The molecule has 0 saturated carbocycles. The zero-order valence-electron chi connectivity index (χ0n) is 17.4. The summed E-state index contributed by atoms with van der Waals surface area (Å²) < 4.78 is 3.46. The predicted molar refractivity (Wildman–Crippen MR) is 139 cm³/mol. The third-order valence-corrected chi connectivity index (χ3v) is 6.78. The van der Waals surface area contributed by atoms with Crippen LogP contribution in [0.25, 0.3) is 49.7 Å². The number of nitrogens with zero attached hydrogens (tertiary/aromatic N) is 1. The van der Waals surface area contributed by atoms with E-state index in [1.54, 1.807) is 0 Å². The van der Waals surface area contributed by atoms with Crippen LogP contribution in [0.1, 0.15) is 0 Å². The summed E-state index contributed by atoms with van der Waals surface area (Å²) in [5, 5.41) is 2.54. The van der Waals surface area contributed by atoms with Crippen molar-refractivity contribution in [3.05, 3.63) is 126 Å². The second-order valence-corrected chi connectivity index (χ2v) is 8.80. The lowest BCUT2D eigenvalue weighted by molar-refractivity contribution is 1.18. The first kappa shape index (κ1) is 19.1. The molecule has 1 nitrogen and oxygen atoms in total. The average Bonchev–Trinajstić information content (AvgIpc) is 3.19. The van der Waals surface area contributed by atoms with E-state index in [0.717, 1.165) is 4.47 Å². The van der Waals surface area contributed by atoms with E-state index in [1.807, 2.05) is 0 Å². The van der Waals surface area contributed by atoms with Gasteiger partial charge in [0.1, 0.15) is 0 Å². The molecule has 0 spiro atoms. The van der Waals surface area contributed by atoms with Crippen molar-refractivity contribution in [2.45, 2.75) is 0 Å². The summed E-state index contributed by atoms with van der Waals surface area (Å²) in [5.41, 5.74) is 8.52. The fraction of sp³-hybridized carbons (Fsp3) is 0. The van der Waals surface area contributed by atoms with Gasteiger partial charge < -0.3 is 4.57 Å². The van der Waals surface area contributed by atoms with Crippen LogP contribution in [-0.4, -0.2) is 4.57 Å². The Balaban J connectivity index is 1.62. The van der Waals surface area contributed by atoms with Gasteiger partial charge in [-0.05, 0) is 58.7 Å². The van der Waals surface area contributed by atoms with Crippen LogP contribution in [0.15, 0.2) is 126 Å². The molecule has 1 aromatic heterocycles. The summed E-state index contributed by atoms with van der Waals surface area (Å²) in [6.45, 7) is 0. The van der Waals surface area contributed by atoms with Crippen molar-refractivity contribution in [3.63, 3.8) is 0 Å². The van der Waals surface area contributed by atoms with Gasteiger partial charge in [-0.15, -0.1) is 0 Å². The minimum atomic E-state index is 1.11. The van der Waals surface area contributed by atoms with Crippen molar-refractivity contribution in [2.24, 2.45) is 0 Å². The molecular weight excluding hydrogens is 454 g/mol. The van der Waals surface area contributed by atoms with Crippen LogP contribution < -0.4 is 0 Å². The zero-order chi connectivity index (χ0) is 21.5. The predicted octanol–water partition coefficient (Wildman–Crippen LogP) is 8.88. The standard InChI is InChI=1S/C30H20BrN/c31-28-16-8-6-14-25(28)24-13-5-4-12-23(24)21-18-19-30-27(20-21)26-15-7-9-17-29(26)32(30)22-10-2-1-3-11-22/h1-20H. The van der Waals surface area contributed by atoms with Crippen LogP contribution in [0.3, 0.4) is 0 Å².